The van der Waals surface area contributed by atoms with Gasteiger partial charge in [0, 0.05) is 17.0 Å². The van der Waals surface area contributed by atoms with Crippen molar-refractivity contribution in [2.24, 2.45) is 11.3 Å². The van der Waals surface area contributed by atoms with Crippen LogP contribution in [0.2, 0.25) is 0 Å². The zero-order valence-corrected chi connectivity index (χ0v) is 13.3. The normalized spacial score (nSPS) is 29.0. The summed E-state index contributed by atoms with van der Waals surface area (Å²) in [5, 5.41) is 0. The summed E-state index contributed by atoms with van der Waals surface area (Å²) in [6.45, 7) is 13.3. The molecule has 0 unspecified atom stereocenters. The van der Waals surface area contributed by atoms with Crippen molar-refractivity contribution in [2.75, 3.05) is 7.11 Å². The lowest BCUT2D eigenvalue weighted by Gasteiger charge is -2.50. The third-order valence-electron chi connectivity index (χ3n) is 5.21. The van der Waals surface area contributed by atoms with Crippen molar-refractivity contribution < 1.29 is 9.53 Å². The Hall–Kier alpha value is -2.22. The molecule has 0 N–H and O–H groups in total. The molecular weight excluding hydrogens is 278 g/mol. The lowest BCUT2D eigenvalue weighted by Crippen LogP contribution is -2.51. The summed E-state index contributed by atoms with van der Waals surface area (Å²) >= 11 is 0. The SMILES string of the molecule is [C-]#[N+]C1=C[C@]2(C)c3nc(OC)ncc3CC[C@H]2C(C)(C)C1=O. The van der Waals surface area contributed by atoms with Gasteiger partial charge in [-0.1, -0.05) is 26.8 Å². The number of ether oxygens (including phenoxy) is 1. The van der Waals surface area contributed by atoms with Crippen LogP contribution in [0.5, 0.6) is 6.01 Å². The minimum atomic E-state index is -0.570. The Balaban J connectivity index is 2.27. The highest BCUT2D eigenvalue weighted by Gasteiger charge is 2.54. The molecule has 0 amide bonds. The summed E-state index contributed by atoms with van der Waals surface area (Å²) in [5.41, 5.74) is 1.16. The quantitative estimate of drug-likeness (QED) is 0.748. The van der Waals surface area contributed by atoms with Gasteiger partial charge in [0.15, 0.2) is 5.78 Å². The molecule has 0 radical (unpaired) electrons. The first-order valence-electron chi connectivity index (χ1n) is 7.40. The van der Waals surface area contributed by atoms with Crippen LogP contribution in [0, 0.1) is 17.9 Å². The molecule has 0 saturated carbocycles. The second-order valence-corrected chi connectivity index (χ2v) is 6.80. The third-order valence-corrected chi connectivity index (χ3v) is 5.21. The number of nitrogens with zero attached hydrogens (tertiary/aromatic N) is 3. The van der Waals surface area contributed by atoms with E-state index in [-0.39, 0.29) is 17.4 Å². The highest BCUT2D eigenvalue weighted by molar-refractivity contribution is 6.02. The van der Waals surface area contributed by atoms with E-state index in [1.807, 2.05) is 19.9 Å². The minimum absolute atomic E-state index is 0.0607. The number of Topliss-reactive ketones (excluding diaryl/α,β-unsaturated/α-hetero) is 1. The van der Waals surface area contributed by atoms with Crippen molar-refractivity contribution in [3.8, 4) is 6.01 Å². The molecule has 2 aliphatic rings. The molecule has 5 nitrogen and oxygen atoms in total. The highest BCUT2D eigenvalue weighted by Crippen LogP contribution is 2.54. The molecule has 0 fully saturated rings. The van der Waals surface area contributed by atoms with Crippen LogP contribution in [0.1, 0.15) is 38.4 Å². The van der Waals surface area contributed by atoms with Crippen LogP contribution in [0.4, 0.5) is 0 Å². The second-order valence-electron chi connectivity index (χ2n) is 6.80. The summed E-state index contributed by atoms with van der Waals surface area (Å²) in [4.78, 5) is 24.8. The fourth-order valence-electron chi connectivity index (χ4n) is 4.10. The Kier molecular flexibility index (Phi) is 3.10. The van der Waals surface area contributed by atoms with E-state index in [9.17, 15) is 4.79 Å². The van der Waals surface area contributed by atoms with Crippen LogP contribution < -0.4 is 4.74 Å². The van der Waals surface area contributed by atoms with E-state index in [1.54, 1.807) is 13.3 Å². The number of carbonyl (C=O) groups is 1. The number of allylic oxidation sites excluding steroid dienone is 2. The molecular formula is C17H19N3O2. The standard InChI is InChI=1S/C17H19N3O2/c1-16(2)12-7-6-10-9-19-15(22-5)20-13(10)17(12,3)8-11(18-4)14(16)21/h8-9,12H,6-7H2,1-3,5H3/t12-,17-/m0/s1. The lowest BCUT2D eigenvalue weighted by atomic mass is 9.53. The molecule has 22 heavy (non-hydrogen) atoms. The molecule has 0 bridgehead atoms. The van der Waals surface area contributed by atoms with Crippen molar-refractivity contribution in [3.05, 3.63) is 40.6 Å². The molecule has 2 aliphatic carbocycles. The van der Waals surface area contributed by atoms with E-state index in [0.717, 1.165) is 24.1 Å². The number of fused-ring (bicyclic) bond motifs is 3. The van der Waals surface area contributed by atoms with Crippen LogP contribution in [-0.2, 0) is 16.6 Å². The number of carbonyl (C=O) groups excluding carboxylic acids is 1. The van der Waals surface area contributed by atoms with Gasteiger partial charge in [-0.2, -0.15) is 4.98 Å². The van der Waals surface area contributed by atoms with Gasteiger partial charge < -0.3 is 9.53 Å². The zero-order valence-electron chi connectivity index (χ0n) is 13.3. The fourth-order valence-corrected chi connectivity index (χ4v) is 4.10. The molecule has 0 saturated heterocycles. The predicted molar refractivity (Wildman–Crippen MR) is 81.2 cm³/mol. The third kappa shape index (κ3) is 1.80. The van der Waals surface area contributed by atoms with Crippen LogP contribution in [0.15, 0.2) is 18.0 Å². The first-order chi connectivity index (χ1) is 10.3. The Morgan fingerprint density at radius 3 is 2.77 bits per heavy atom. The first-order valence-corrected chi connectivity index (χ1v) is 7.40. The minimum Gasteiger partial charge on any atom is -0.467 e. The smallest absolute Gasteiger partial charge is 0.316 e. The number of aryl methyl sites for hydroxylation is 1. The maximum absolute atomic E-state index is 12.6. The second kappa shape index (κ2) is 4.64. The van der Waals surface area contributed by atoms with Gasteiger partial charge in [-0.05, 0) is 24.3 Å². The van der Waals surface area contributed by atoms with E-state index in [4.69, 9.17) is 11.3 Å². The molecule has 5 heteroatoms. The van der Waals surface area contributed by atoms with Crippen molar-refractivity contribution in [2.45, 2.75) is 39.0 Å². The van der Waals surface area contributed by atoms with E-state index in [2.05, 4.69) is 21.7 Å². The summed E-state index contributed by atoms with van der Waals surface area (Å²) in [6, 6.07) is 0.327. The van der Waals surface area contributed by atoms with Gasteiger partial charge in [0.25, 0.3) is 0 Å². The van der Waals surface area contributed by atoms with Crippen LogP contribution in [0.3, 0.4) is 0 Å². The van der Waals surface area contributed by atoms with Crippen LogP contribution >= 0.6 is 0 Å². The van der Waals surface area contributed by atoms with E-state index >= 15 is 0 Å². The number of ketones is 1. The van der Waals surface area contributed by atoms with Crippen molar-refractivity contribution in [1.82, 2.24) is 9.97 Å². The molecule has 1 aromatic heterocycles. The molecule has 1 heterocycles. The van der Waals surface area contributed by atoms with Gasteiger partial charge in [0.2, 0.25) is 5.70 Å². The van der Waals surface area contributed by atoms with Gasteiger partial charge in [-0.15, -0.1) is 0 Å². The molecule has 2 atom stereocenters. The summed E-state index contributed by atoms with van der Waals surface area (Å²) < 4.78 is 5.16. The fraction of sp³-hybridized carbons (Fsp3) is 0.529. The Morgan fingerprint density at radius 2 is 2.14 bits per heavy atom. The van der Waals surface area contributed by atoms with Crippen LogP contribution in [0.25, 0.3) is 4.85 Å². The predicted octanol–water partition coefficient (Wildman–Crippen LogP) is 2.72. The monoisotopic (exact) mass is 297 g/mol. The largest absolute Gasteiger partial charge is 0.467 e. The first kappa shape index (κ1) is 14.7. The Bertz CT molecular complexity index is 730. The van der Waals surface area contributed by atoms with Gasteiger partial charge in [-0.25, -0.2) is 9.83 Å². The number of methoxy groups -OCH3 is 1. The van der Waals surface area contributed by atoms with E-state index in [1.165, 1.54) is 0 Å². The van der Waals surface area contributed by atoms with Gasteiger partial charge in [-0.3, -0.25) is 0 Å². The summed E-state index contributed by atoms with van der Waals surface area (Å²) in [6.07, 6.45) is 5.34. The lowest BCUT2D eigenvalue weighted by molar-refractivity contribution is -0.128. The van der Waals surface area contributed by atoms with Gasteiger partial charge in [0.05, 0.1) is 19.4 Å². The Labute approximate surface area is 130 Å². The number of hydrogen-bond donors (Lipinski definition) is 0. The average Bonchev–Trinajstić information content (AvgIpc) is 2.50. The number of aromatic nitrogens is 2. The number of hydrogen-bond acceptors (Lipinski definition) is 4. The molecule has 0 aromatic carbocycles. The Morgan fingerprint density at radius 1 is 1.41 bits per heavy atom. The topological polar surface area (TPSA) is 56.4 Å². The van der Waals surface area contributed by atoms with Crippen molar-refractivity contribution in [1.29, 1.82) is 0 Å². The zero-order chi connectivity index (χ0) is 16.1. The maximum Gasteiger partial charge on any atom is 0.316 e. The summed E-state index contributed by atoms with van der Waals surface area (Å²) in [7, 11) is 1.54. The van der Waals surface area contributed by atoms with E-state index < -0.39 is 10.8 Å². The highest BCUT2D eigenvalue weighted by atomic mass is 16.5. The molecule has 0 aliphatic heterocycles. The molecule has 0 spiro atoms. The van der Waals surface area contributed by atoms with Crippen molar-refractivity contribution in [3.63, 3.8) is 0 Å². The van der Waals surface area contributed by atoms with Gasteiger partial charge >= 0.3 is 6.01 Å². The molecule has 3 rings (SSSR count). The summed E-state index contributed by atoms with van der Waals surface area (Å²) in [5.74, 6) is 0.0551. The van der Waals surface area contributed by atoms with Gasteiger partial charge in [0.1, 0.15) is 0 Å². The van der Waals surface area contributed by atoms with Crippen LogP contribution in [-0.4, -0.2) is 22.9 Å². The van der Waals surface area contributed by atoms with Crippen molar-refractivity contribution >= 4 is 5.78 Å². The van der Waals surface area contributed by atoms with E-state index in [0.29, 0.717) is 6.01 Å². The average molecular weight is 297 g/mol. The molecule has 114 valence electrons. The maximum atomic E-state index is 12.6. The molecule has 1 aromatic rings. The number of rotatable bonds is 1.